The minimum Gasteiger partial charge on any atom is -0.330 e. The summed E-state index contributed by atoms with van der Waals surface area (Å²) in [7, 11) is 0. The SMILES string of the molecule is Cc1cc(C)c(C(N)C(C)CCN)cc1C. The number of rotatable bonds is 4. The van der Waals surface area contributed by atoms with E-state index in [2.05, 4.69) is 39.8 Å². The van der Waals surface area contributed by atoms with E-state index >= 15 is 0 Å². The molecule has 0 aromatic heterocycles. The summed E-state index contributed by atoms with van der Waals surface area (Å²) in [5.41, 5.74) is 17.1. The van der Waals surface area contributed by atoms with Crippen LogP contribution in [0.4, 0.5) is 0 Å². The standard InChI is InChI=1S/C14H24N2/c1-9(5-6-15)14(16)13-8-11(3)10(2)7-12(13)4/h7-9,14H,5-6,15-16H2,1-4H3. The molecule has 0 bridgehead atoms. The van der Waals surface area contributed by atoms with Crippen LogP contribution in [0, 0.1) is 26.7 Å². The maximum atomic E-state index is 6.29. The molecule has 0 fully saturated rings. The van der Waals surface area contributed by atoms with Gasteiger partial charge in [-0.2, -0.15) is 0 Å². The zero-order valence-electron chi connectivity index (χ0n) is 10.9. The van der Waals surface area contributed by atoms with Crippen LogP contribution in [0.3, 0.4) is 0 Å². The molecule has 0 radical (unpaired) electrons. The van der Waals surface area contributed by atoms with E-state index in [-0.39, 0.29) is 6.04 Å². The Bertz CT molecular complexity index is 358. The fourth-order valence-electron chi connectivity index (χ4n) is 2.09. The van der Waals surface area contributed by atoms with Crippen LogP contribution in [-0.2, 0) is 0 Å². The van der Waals surface area contributed by atoms with Gasteiger partial charge in [0.15, 0.2) is 0 Å². The molecule has 4 N–H and O–H groups in total. The molecule has 0 saturated carbocycles. The molecular formula is C14H24N2. The van der Waals surface area contributed by atoms with E-state index < -0.39 is 0 Å². The van der Waals surface area contributed by atoms with E-state index in [0.29, 0.717) is 12.5 Å². The molecule has 0 aliphatic carbocycles. The molecule has 0 amide bonds. The van der Waals surface area contributed by atoms with Gasteiger partial charge in [-0.15, -0.1) is 0 Å². The van der Waals surface area contributed by atoms with E-state index in [1.165, 1.54) is 22.3 Å². The van der Waals surface area contributed by atoms with Gasteiger partial charge in [0.2, 0.25) is 0 Å². The highest BCUT2D eigenvalue weighted by Gasteiger charge is 2.16. The summed E-state index contributed by atoms with van der Waals surface area (Å²) < 4.78 is 0. The lowest BCUT2D eigenvalue weighted by Crippen LogP contribution is -2.22. The van der Waals surface area contributed by atoms with Crippen molar-refractivity contribution < 1.29 is 0 Å². The van der Waals surface area contributed by atoms with E-state index in [1.54, 1.807) is 0 Å². The average Bonchev–Trinajstić information content (AvgIpc) is 2.23. The number of benzene rings is 1. The zero-order valence-corrected chi connectivity index (χ0v) is 10.9. The number of nitrogens with two attached hydrogens (primary N) is 2. The maximum Gasteiger partial charge on any atom is 0.0324 e. The molecule has 0 aliphatic rings. The number of hydrogen-bond acceptors (Lipinski definition) is 2. The van der Waals surface area contributed by atoms with Crippen molar-refractivity contribution >= 4 is 0 Å². The molecule has 16 heavy (non-hydrogen) atoms. The Balaban J connectivity index is 2.99. The Morgan fingerprint density at radius 1 is 1.06 bits per heavy atom. The van der Waals surface area contributed by atoms with Crippen molar-refractivity contribution in [2.45, 2.75) is 40.2 Å². The third kappa shape index (κ3) is 2.83. The van der Waals surface area contributed by atoms with Gasteiger partial charge in [0.05, 0.1) is 0 Å². The second-order valence-corrected chi connectivity index (χ2v) is 4.87. The van der Waals surface area contributed by atoms with Crippen LogP contribution >= 0.6 is 0 Å². The van der Waals surface area contributed by atoms with Crippen molar-refractivity contribution in [1.82, 2.24) is 0 Å². The largest absolute Gasteiger partial charge is 0.330 e. The molecular weight excluding hydrogens is 196 g/mol. The number of hydrogen-bond donors (Lipinski definition) is 2. The van der Waals surface area contributed by atoms with Crippen molar-refractivity contribution in [2.75, 3.05) is 6.54 Å². The quantitative estimate of drug-likeness (QED) is 0.819. The van der Waals surface area contributed by atoms with Crippen LogP contribution in [0.15, 0.2) is 12.1 Å². The molecule has 0 heterocycles. The number of aryl methyl sites for hydroxylation is 3. The molecule has 90 valence electrons. The first kappa shape index (κ1) is 13.2. The first-order chi connectivity index (χ1) is 7.47. The lowest BCUT2D eigenvalue weighted by Gasteiger charge is -2.22. The predicted molar refractivity (Wildman–Crippen MR) is 70.4 cm³/mol. The normalized spacial score (nSPS) is 14.9. The third-order valence-corrected chi connectivity index (χ3v) is 3.48. The van der Waals surface area contributed by atoms with Crippen molar-refractivity contribution in [2.24, 2.45) is 17.4 Å². The highest BCUT2D eigenvalue weighted by atomic mass is 14.7. The lowest BCUT2D eigenvalue weighted by atomic mass is 9.88. The van der Waals surface area contributed by atoms with E-state index in [4.69, 9.17) is 11.5 Å². The van der Waals surface area contributed by atoms with E-state index in [9.17, 15) is 0 Å². The van der Waals surface area contributed by atoms with Crippen molar-refractivity contribution in [3.05, 3.63) is 34.4 Å². The summed E-state index contributed by atoms with van der Waals surface area (Å²) in [6.45, 7) is 9.29. The second-order valence-electron chi connectivity index (χ2n) is 4.87. The third-order valence-electron chi connectivity index (χ3n) is 3.48. The molecule has 0 aliphatic heterocycles. The fraction of sp³-hybridized carbons (Fsp3) is 0.571. The minimum atomic E-state index is 0.0999. The van der Waals surface area contributed by atoms with Crippen LogP contribution in [-0.4, -0.2) is 6.54 Å². The molecule has 1 rings (SSSR count). The molecule has 1 aromatic rings. The van der Waals surface area contributed by atoms with Crippen molar-refractivity contribution in [3.8, 4) is 0 Å². The Labute approximate surface area is 99.0 Å². The fourth-order valence-corrected chi connectivity index (χ4v) is 2.09. The van der Waals surface area contributed by atoms with Crippen LogP contribution in [0.25, 0.3) is 0 Å². The van der Waals surface area contributed by atoms with Gasteiger partial charge >= 0.3 is 0 Å². The minimum absolute atomic E-state index is 0.0999. The lowest BCUT2D eigenvalue weighted by molar-refractivity contribution is 0.443. The monoisotopic (exact) mass is 220 g/mol. The summed E-state index contributed by atoms with van der Waals surface area (Å²) in [5, 5.41) is 0. The molecule has 2 heteroatoms. The Morgan fingerprint density at radius 3 is 2.19 bits per heavy atom. The summed E-state index contributed by atoms with van der Waals surface area (Å²) in [6, 6.07) is 4.55. The molecule has 2 unspecified atom stereocenters. The Hall–Kier alpha value is -0.860. The first-order valence-electron chi connectivity index (χ1n) is 6.00. The van der Waals surface area contributed by atoms with Crippen LogP contribution < -0.4 is 11.5 Å². The molecule has 0 saturated heterocycles. The highest BCUT2D eigenvalue weighted by Crippen LogP contribution is 2.26. The van der Waals surface area contributed by atoms with Gasteiger partial charge in [-0.1, -0.05) is 19.1 Å². The van der Waals surface area contributed by atoms with Crippen molar-refractivity contribution in [1.29, 1.82) is 0 Å². The van der Waals surface area contributed by atoms with E-state index in [1.807, 2.05) is 0 Å². The van der Waals surface area contributed by atoms with Crippen LogP contribution in [0.2, 0.25) is 0 Å². The average molecular weight is 220 g/mol. The molecule has 1 aromatic carbocycles. The van der Waals surface area contributed by atoms with Crippen LogP contribution in [0.1, 0.15) is 41.6 Å². The Kier molecular flexibility index (Phi) is 4.51. The Morgan fingerprint density at radius 2 is 1.62 bits per heavy atom. The van der Waals surface area contributed by atoms with Crippen molar-refractivity contribution in [3.63, 3.8) is 0 Å². The smallest absolute Gasteiger partial charge is 0.0324 e. The topological polar surface area (TPSA) is 52.0 Å². The van der Waals surface area contributed by atoms with Gasteiger partial charge in [-0.05, 0) is 61.9 Å². The van der Waals surface area contributed by atoms with Gasteiger partial charge in [0.1, 0.15) is 0 Å². The van der Waals surface area contributed by atoms with Crippen LogP contribution in [0.5, 0.6) is 0 Å². The predicted octanol–water partition coefficient (Wildman–Crippen LogP) is 2.60. The van der Waals surface area contributed by atoms with Gasteiger partial charge in [-0.25, -0.2) is 0 Å². The van der Waals surface area contributed by atoms with Gasteiger partial charge in [0.25, 0.3) is 0 Å². The molecule has 0 spiro atoms. The molecule has 2 nitrogen and oxygen atoms in total. The summed E-state index contributed by atoms with van der Waals surface area (Å²) in [4.78, 5) is 0. The zero-order chi connectivity index (χ0) is 12.3. The second kappa shape index (κ2) is 5.46. The van der Waals surface area contributed by atoms with Gasteiger partial charge in [-0.3, -0.25) is 0 Å². The molecule has 2 atom stereocenters. The first-order valence-corrected chi connectivity index (χ1v) is 6.00. The maximum absolute atomic E-state index is 6.29. The summed E-state index contributed by atoms with van der Waals surface area (Å²) >= 11 is 0. The van der Waals surface area contributed by atoms with Gasteiger partial charge in [0, 0.05) is 6.04 Å². The summed E-state index contributed by atoms with van der Waals surface area (Å²) in [5.74, 6) is 0.436. The van der Waals surface area contributed by atoms with E-state index in [0.717, 1.165) is 6.42 Å². The van der Waals surface area contributed by atoms with Gasteiger partial charge < -0.3 is 11.5 Å². The summed E-state index contributed by atoms with van der Waals surface area (Å²) in [6.07, 6.45) is 0.980. The highest BCUT2D eigenvalue weighted by molar-refractivity contribution is 5.38.